The van der Waals surface area contributed by atoms with Crippen molar-refractivity contribution in [3.8, 4) is 11.5 Å². The van der Waals surface area contributed by atoms with Gasteiger partial charge in [0.05, 0.1) is 6.26 Å². The summed E-state index contributed by atoms with van der Waals surface area (Å²) in [5, 5.41) is 2.75. The van der Waals surface area contributed by atoms with Crippen LogP contribution in [0.1, 0.15) is 13.3 Å². The number of rotatable bonds is 6. The van der Waals surface area contributed by atoms with Crippen molar-refractivity contribution in [2.75, 3.05) is 26.4 Å². The highest BCUT2D eigenvalue weighted by Crippen LogP contribution is 2.33. The minimum atomic E-state index is -3.19. The van der Waals surface area contributed by atoms with Gasteiger partial charge in [-0.1, -0.05) is 12.1 Å². The highest BCUT2D eigenvalue weighted by Gasteiger charge is 2.33. The van der Waals surface area contributed by atoms with Crippen molar-refractivity contribution in [1.82, 2.24) is 9.62 Å². The molecule has 0 unspecified atom stereocenters. The molecule has 1 heterocycles. The smallest absolute Gasteiger partial charge is 0.265 e. The SMILES string of the molecule is C[C@H]1Oc2ccccc2O[C@H]1C(=O)NCCCN(C)S(C)(=O)=O. The second-order valence-corrected chi connectivity index (χ2v) is 7.63. The molecule has 7 nitrogen and oxygen atoms in total. The second-order valence-electron chi connectivity index (χ2n) is 5.54. The van der Waals surface area contributed by atoms with E-state index in [1.807, 2.05) is 12.1 Å². The molecular formula is C15H22N2O5S. The minimum absolute atomic E-state index is 0.269. The molecule has 0 aromatic heterocycles. The van der Waals surface area contributed by atoms with Crippen LogP contribution in [-0.4, -0.2) is 57.2 Å². The van der Waals surface area contributed by atoms with Gasteiger partial charge in [-0.05, 0) is 25.5 Å². The van der Waals surface area contributed by atoms with Crippen LogP contribution in [0.4, 0.5) is 0 Å². The molecular weight excluding hydrogens is 320 g/mol. The van der Waals surface area contributed by atoms with Gasteiger partial charge in [0, 0.05) is 20.1 Å². The number of nitrogens with zero attached hydrogens (tertiary/aromatic N) is 1. The van der Waals surface area contributed by atoms with Crippen molar-refractivity contribution in [2.24, 2.45) is 0 Å². The third-order valence-corrected chi connectivity index (χ3v) is 4.93. The third-order valence-electron chi connectivity index (χ3n) is 3.62. The van der Waals surface area contributed by atoms with Crippen molar-refractivity contribution in [3.05, 3.63) is 24.3 Å². The first kappa shape index (κ1) is 17.6. The number of para-hydroxylation sites is 2. The number of hydrogen-bond donors (Lipinski definition) is 1. The highest BCUT2D eigenvalue weighted by atomic mass is 32.2. The summed E-state index contributed by atoms with van der Waals surface area (Å²) < 4.78 is 35.2. The summed E-state index contributed by atoms with van der Waals surface area (Å²) in [7, 11) is -1.68. The van der Waals surface area contributed by atoms with Gasteiger partial charge in [0.2, 0.25) is 16.1 Å². The summed E-state index contributed by atoms with van der Waals surface area (Å²) in [5.41, 5.74) is 0. The van der Waals surface area contributed by atoms with Crippen LogP contribution < -0.4 is 14.8 Å². The van der Waals surface area contributed by atoms with Crippen LogP contribution in [0.25, 0.3) is 0 Å². The fraction of sp³-hybridized carbons (Fsp3) is 0.533. The molecule has 0 aliphatic carbocycles. The molecule has 0 saturated carbocycles. The Kier molecular flexibility index (Phi) is 5.48. The number of nitrogens with one attached hydrogen (secondary N) is 1. The number of sulfonamides is 1. The molecule has 128 valence electrons. The topological polar surface area (TPSA) is 84.9 Å². The maximum absolute atomic E-state index is 12.2. The maximum Gasteiger partial charge on any atom is 0.265 e. The van der Waals surface area contributed by atoms with E-state index in [9.17, 15) is 13.2 Å². The minimum Gasteiger partial charge on any atom is -0.482 e. The second kappa shape index (κ2) is 7.18. The molecule has 2 rings (SSSR count). The van der Waals surface area contributed by atoms with Crippen LogP contribution in [0, 0.1) is 0 Å². The number of carbonyl (C=O) groups excluding carboxylic acids is 1. The van der Waals surface area contributed by atoms with Crippen LogP contribution in [0.15, 0.2) is 24.3 Å². The Labute approximate surface area is 136 Å². The average molecular weight is 342 g/mol. The fourth-order valence-electron chi connectivity index (χ4n) is 2.19. The van der Waals surface area contributed by atoms with Gasteiger partial charge in [0.25, 0.3) is 5.91 Å². The van der Waals surface area contributed by atoms with Crippen molar-refractivity contribution >= 4 is 15.9 Å². The summed E-state index contributed by atoms with van der Waals surface area (Å²) in [6.45, 7) is 2.49. The van der Waals surface area contributed by atoms with Crippen molar-refractivity contribution in [2.45, 2.75) is 25.6 Å². The Bertz CT molecular complexity index is 662. The van der Waals surface area contributed by atoms with E-state index in [2.05, 4.69) is 5.32 Å². The Morgan fingerprint density at radius 2 is 1.87 bits per heavy atom. The number of ether oxygens (including phenoxy) is 2. The van der Waals surface area contributed by atoms with E-state index in [0.717, 1.165) is 6.26 Å². The number of fused-ring (bicyclic) bond motifs is 1. The molecule has 1 N–H and O–H groups in total. The molecule has 23 heavy (non-hydrogen) atoms. The quantitative estimate of drug-likeness (QED) is 0.766. The van der Waals surface area contributed by atoms with Gasteiger partial charge in [-0.3, -0.25) is 4.79 Å². The van der Waals surface area contributed by atoms with Crippen LogP contribution in [-0.2, 0) is 14.8 Å². The number of hydrogen-bond acceptors (Lipinski definition) is 5. The lowest BCUT2D eigenvalue weighted by atomic mass is 10.1. The van der Waals surface area contributed by atoms with Gasteiger partial charge >= 0.3 is 0 Å². The molecule has 0 saturated heterocycles. The molecule has 1 amide bonds. The number of carbonyl (C=O) groups is 1. The molecule has 1 aliphatic rings. The van der Waals surface area contributed by atoms with E-state index in [1.54, 1.807) is 19.1 Å². The molecule has 0 bridgehead atoms. The summed E-state index contributed by atoms with van der Waals surface area (Å²) >= 11 is 0. The fourth-order valence-corrected chi connectivity index (χ4v) is 2.65. The Morgan fingerprint density at radius 1 is 1.26 bits per heavy atom. The summed E-state index contributed by atoms with van der Waals surface area (Å²) in [6.07, 6.45) is 0.548. The molecule has 1 aromatic rings. The van der Waals surface area contributed by atoms with Crippen molar-refractivity contribution in [1.29, 1.82) is 0 Å². The molecule has 8 heteroatoms. The standard InChI is InChI=1S/C15H22N2O5S/c1-11-14(22-13-8-5-4-7-12(13)21-11)15(18)16-9-6-10-17(2)23(3,19)20/h4-5,7-8,11,14H,6,9-10H2,1-3H3,(H,16,18)/t11-,14-/m1/s1. The summed E-state index contributed by atoms with van der Waals surface area (Å²) in [6, 6.07) is 7.20. The molecule has 0 radical (unpaired) electrons. The van der Waals surface area contributed by atoms with Gasteiger partial charge < -0.3 is 14.8 Å². The molecule has 1 aromatic carbocycles. The van der Waals surface area contributed by atoms with Crippen LogP contribution >= 0.6 is 0 Å². The Morgan fingerprint density at radius 3 is 2.48 bits per heavy atom. The zero-order valence-corrected chi connectivity index (χ0v) is 14.3. The van der Waals surface area contributed by atoms with Gasteiger partial charge in [-0.25, -0.2) is 12.7 Å². The monoisotopic (exact) mass is 342 g/mol. The highest BCUT2D eigenvalue weighted by molar-refractivity contribution is 7.88. The van der Waals surface area contributed by atoms with Crippen molar-refractivity contribution in [3.63, 3.8) is 0 Å². The lowest BCUT2D eigenvalue weighted by Gasteiger charge is -2.31. The van der Waals surface area contributed by atoms with E-state index in [4.69, 9.17) is 9.47 Å². The van der Waals surface area contributed by atoms with E-state index >= 15 is 0 Å². The van der Waals surface area contributed by atoms with E-state index in [0.29, 0.717) is 31.0 Å². The predicted octanol–water partition coefficient (Wildman–Crippen LogP) is 0.613. The average Bonchev–Trinajstić information content (AvgIpc) is 2.49. The maximum atomic E-state index is 12.2. The molecule has 1 aliphatic heterocycles. The summed E-state index contributed by atoms with van der Waals surface area (Å²) in [4.78, 5) is 12.2. The van der Waals surface area contributed by atoms with Gasteiger partial charge in [0.1, 0.15) is 6.10 Å². The van der Waals surface area contributed by atoms with E-state index < -0.39 is 22.2 Å². The van der Waals surface area contributed by atoms with Crippen LogP contribution in [0.2, 0.25) is 0 Å². The first-order valence-corrected chi connectivity index (χ1v) is 9.25. The summed E-state index contributed by atoms with van der Waals surface area (Å²) in [5.74, 6) is 0.899. The molecule has 0 spiro atoms. The number of amides is 1. The van der Waals surface area contributed by atoms with Gasteiger partial charge in [0.15, 0.2) is 11.5 Å². The largest absolute Gasteiger partial charge is 0.482 e. The van der Waals surface area contributed by atoms with Gasteiger partial charge in [-0.2, -0.15) is 0 Å². The first-order valence-electron chi connectivity index (χ1n) is 7.40. The molecule has 2 atom stereocenters. The zero-order valence-electron chi connectivity index (χ0n) is 13.5. The van der Waals surface area contributed by atoms with Crippen LogP contribution in [0.3, 0.4) is 0 Å². The van der Waals surface area contributed by atoms with Crippen molar-refractivity contribution < 1.29 is 22.7 Å². The number of benzene rings is 1. The first-order chi connectivity index (χ1) is 10.8. The lowest BCUT2D eigenvalue weighted by Crippen LogP contribution is -2.49. The molecule has 0 fully saturated rings. The normalized spacial score (nSPS) is 20.3. The van der Waals surface area contributed by atoms with E-state index in [1.165, 1.54) is 11.4 Å². The van der Waals surface area contributed by atoms with Gasteiger partial charge in [-0.15, -0.1) is 0 Å². The third kappa shape index (κ3) is 4.59. The zero-order chi connectivity index (χ0) is 17.0. The Balaban J connectivity index is 1.82. The predicted molar refractivity (Wildman–Crippen MR) is 86.0 cm³/mol. The Hall–Kier alpha value is -1.80. The van der Waals surface area contributed by atoms with E-state index in [-0.39, 0.29) is 5.91 Å². The lowest BCUT2D eigenvalue weighted by molar-refractivity contribution is -0.133. The van der Waals surface area contributed by atoms with Crippen LogP contribution in [0.5, 0.6) is 11.5 Å².